The van der Waals surface area contributed by atoms with Gasteiger partial charge in [0.2, 0.25) is 0 Å². The van der Waals surface area contributed by atoms with Crippen LogP contribution in [0.2, 0.25) is 0 Å². The molecule has 5 rings (SSSR count). The molecule has 0 radical (unpaired) electrons. The van der Waals surface area contributed by atoms with Crippen LogP contribution in [-0.2, 0) is 22.4 Å². The lowest BCUT2D eigenvalue weighted by Crippen LogP contribution is -2.46. The lowest BCUT2D eigenvalue weighted by atomic mass is 9.75. The molecule has 2 aromatic carbocycles. The van der Waals surface area contributed by atoms with Crippen LogP contribution < -0.4 is 15.6 Å². The van der Waals surface area contributed by atoms with Crippen LogP contribution in [0.1, 0.15) is 59.2 Å². The van der Waals surface area contributed by atoms with Crippen LogP contribution in [0.15, 0.2) is 65.6 Å². The third-order valence-corrected chi connectivity index (χ3v) is 7.43. The number of hydrogen-bond acceptors (Lipinski definition) is 6. The molecule has 9 heteroatoms. The fourth-order valence-corrected chi connectivity index (χ4v) is 5.50. The van der Waals surface area contributed by atoms with Crippen LogP contribution in [0, 0.1) is 5.41 Å². The molecule has 0 saturated carbocycles. The predicted molar refractivity (Wildman–Crippen MR) is 155 cm³/mol. The van der Waals surface area contributed by atoms with Crippen LogP contribution in [0.25, 0.3) is 16.6 Å². The minimum atomic E-state index is -1.06. The zero-order chi connectivity index (χ0) is 29.3. The maximum absolute atomic E-state index is 14.0. The number of carbonyl (C=O) groups is 3. The van der Waals surface area contributed by atoms with Crippen LogP contribution in [0.5, 0.6) is 5.75 Å². The number of amides is 1. The molecule has 2 aromatic heterocycles. The van der Waals surface area contributed by atoms with Crippen LogP contribution in [0.3, 0.4) is 0 Å². The highest BCUT2D eigenvalue weighted by Gasteiger charge is 2.35. The molecule has 2 heterocycles. The number of fused-ring (bicyclic) bond motifs is 2. The van der Waals surface area contributed by atoms with E-state index in [2.05, 4.69) is 10.3 Å². The summed E-state index contributed by atoms with van der Waals surface area (Å²) >= 11 is 0. The second-order valence-electron chi connectivity index (χ2n) is 11.0. The van der Waals surface area contributed by atoms with E-state index >= 15 is 0 Å². The fraction of sp³-hybridized carbons (Fsp3) is 0.312. The summed E-state index contributed by atoms with van der Waals surface area (Å²) < 4.78 is 12.0. The summed E-state index contributed by atoms with van der Waals surface area (Å²) in [6.07, 6.45) is 2.69. The Bertz CT molecular complexity index is 1700. The van der Waals surface area contributed by atoms with Gasteiger partial charge in [-0.2, -0.15) is 0 Å². The Labute approximate surface area is 237 Å². The number of benzene rings is 2. The van der Waals surface area contributed by atoms with Gasteiger partial charge in [0.25, 0.3) is 11.5 Å². The van der Waals surface area contributed by atoms with Crippen molar-refractivity contribution in [2.24, 2.45) is 5.41 Å². The van der Waals surface area contributed by atoms with E-state index in [-0.39, 0.29) is 29.6 Å². The van der Waals surface area contributed by atoms with E-state index in [9.17, 15) is 19.2 Å². The van der Waals surface area contributed by atoms with Crippen molar-refractivity contribution in [3.8, 4) is 11.4 Å². The number of nitrogens with zero attached hydrogens (tertiary/aromatic N) is 1. The van der Waals surface area contributed by atoms with Crippen molar-refractivity contribution < 1.29 is 23.9 Å². The number of methoxy groups -OCH3 is 1. The second-order valence-corrected chi connectivity index (χ2v) is 11.0. The van der Waals surface area contributed by atoms with Gasteiger partial charge in [0.05, 0.1) is 13.7 Å². The number of ether oxygens (including phenoxy) is 2. The summed E-state index contributed by atoms with van der Waals surface area (Å²) in [6.45, 7) is 6.33. The zero-order valence-corrected chi connectivity index (χ0v) is 23.6. The molecule has 0 saturated heterocycles. The van der Waals surface area contributed by atoms with Gasteiger partial charge >= 0.3 is 5.97 Å². The summed E-state index contributed by atoms with van der Waals surface area (Å²) in [5, 5.41) is 3.61. The van der Waals surface area contributed by atoms with E-state index in [4.69, 9.17) is 9.47 Å². The van der Waals surface area contributed by atoms with E-state index < -0.39 is 23.5 Å². The van der Waals surface area contributed by atoms with Gasteiger partial charge in [-0.3, -0.25) is 19.0 Å². The van der Waals surface area contributed by atoms with Crippen LogP contribution >= 0.6 is 0 Å². The first kappa shape index (κ1) is 27.9. The minimum absolute atomic E-state index is 0.145. The number of para-hydroxylation sites is 1. The number of rotatable bonds is 8. The van der Waals surface area contributed by atoms with Gasteiger partial charge in [0.1, 0.15) is 17.4 Å². The van der Waals surface area contributed by atoms with E-state index in [1.54, 1.807) is 30.5 Å². The number of Topliss-reactive ketones (excluding diaryl/α,β-unsaturated/α-hetero) is 1. The summed E-state index contributed by atoms with van der Waals surface area (Å²) in [7, 11) is 1.24. The molecule has 0 aliphatic heterocycles. The highest BCUT2D eigenvalue weighted by molar-refractivity contribution is 6.03. The van der Waals surface area contributed by atoms with Crippen molar-refractivity contribution in [2.45, 2.75) is 46.1 Å². The van der Waals surface area contributed by atoms with Crippen molar-refractivity contribution >= 4 is 28.6 Å². The topological polar surface area (TPSA) is 119 Å². The van der Waals surface area contributed by atoms with Gasteiger partial charge in [-0.15, -0.1) is 0 Å². The van der Waals surface area contributed by atoms with Gasteiger partial charge < -0.3 is 19.8 Å². The predicted octanol–water partition coefficient (Wildman–Crippen LogP) is 4.39. The normalized spacial score (nSPS) is 14.8. The van der Waals surface area contributed by atoms with Crippen LogP contribution in [-0.4, -0.2) is 47.0 Å². The fourth-order valence-electron chi connectivity index (χ4n) is 5.50. The summed E-state index contributed by atoms with van der Waals surface area (Å²) in [4.78, 5) is 56.8. The maximum Gasteiger partial charge on any atom is 0.328 e. The average molecular weight is 556 g/mol. The van der Waals surface area contributed by atoms with Crippen molar-refractivity contribution in [1.29, 1.82) is 0 Å². The molecule has 0 bridgehead atoms. The molecule has 1 unspecified atom stereocenters. The maximum atomic E-state index is 14.0. The molecule has 0 spiro atoms. The quantitative estimate of drug-likeness (QED) is 0.311. The molecule has 9 nitrogen and oxygen atoms in total. The van der Waals surface area contributed by atoms with Gasteiger partial charge in [-0.1, -0.05) is 32.0 Å². The van der Waals surface area contributed by atoms with Crippen LogP contribution in [0.4, 0.5) is 0 Å². The average Bonchev–Trinajstić information content (AvgIpc) is 3.35. The molecule has 4 aromatic rings. The molecule has 1 aliphatic carbocycles. The van der Waals surface area contributed by atoms with Crippen molar-refractivity contribution in [3.05, 3.63) is 93.5 Å². The number of pyridine rings is 1. The first-order valence-electron chi connectivity index (χ1n) is 13.6. The number of aromatic nitrogens is 2. The largest absolute Gasteiger partial charge is 0.494 e. The highest BCUT2D eigenvalue weighted by atomic mass is 16.5. The number of carbonyl (C=O) groups excluding carboxylic acids is 3. The Kier molecular flexibility index (Phi) is 7.53. The SMILES string of the molecule is CCOc1ccc(-n2c3c(cc(C(=O)NC(Cc4c[nH]c5ccccc45)C(=O)OC)c2=O)C(=O)CC(C)(C)C3)cc1. The monoisotopic (exact) mass is 555 g/mol. The van der Waals surface area contributed by atoms with E-state index in [0.717, 1.165) is 16.5 Å². The lowest BCUT2D eigenvalue weighted by molar-refractivity contribution is -0.142. The van der Waals surface area contributed by atoms with Gasteiger partial charge in [0.15, 0.2) is 5.78 Å². The van der Waals surface area contributed by atoms with Gasteiger partial charge in [0, 0.05) is 46.9 Å². The smallest absolute Gasteiger partial charge is 0.328 e. The van der Waals surface area contributed by atoms with E-state index in [1.807, 2.05) is 45.0 Å². The zero-order valence-electron chi connectivity index (χ0n) is 23.6. The molecular weight excluding hydrogens is 522 g/mol. The number of hydrogen-bond donors (Lipinski definition) is 2. The number of H-pyrrole nitrogens is 1. The molecule has 0 fully saturated rings. The first-order valence-corrected chi connectivity index (χ1v) is 13.6. The molecule has 2 N–H and O–H groups in total. The molecule has 1 atom stereocenters. The van der Waals surface area contributed by atoms with E-state index in [1.165, 1.54) is 17.7 Å². The number of ketones is 1. The first-order chi connectivity index (χ1) is 19.6. The third-order valence-electron chi connectivity index (χ3n) is 7.43. The van der Waals surface area contributed by atoms with Crippen molar-refractivity contribution in [3.63, 3.8) is 0 Å². The Hall–Kier alpha value is -4.66. The van der Waals surface area contributed by atoms with Crippen molar-refractivity contribution in [2.75, 3.05) is 13.7 Å². The standard InChI is InChI=1S/C32H33N3O6/c1-5-41-21-12-10-20(11-13-21)35-27-16-32(2,3)17-28(36)23(27)15-24(30(35)38)29(37)34-26(31(39)40-4)14-19-18-33-25-9-7-6-8-22(19)25/h6-13,15,18,26,33H,5,14,16-17H2,1-4H3,(H,34,37). The van der Waals surface area contributed by atoms with Gasteiger partial charge in [-0.25, -0.2) is 4.79 Å². The molecule has 1 amide bonds. The molecule has 212 valence electrons. The van der Waals surface area contributed by atoms with Crippen molar-refractivity contribution in [1.82, 2.24) is 14.9 Å². The molecular formula is C32H33N3O6. The Morgan fingerprint density at radius 2 is 1.80 bits per heavy atom. The Morgan fingerprint density at radius 3 is 2.51 bits per heavy atom. The highest BCUT2D eigenvalue weighted by Crippen LogP contribution is 2.35. The Morgan fingerprint density at radius 1 is 1.07 bits per heavy atom. The molecule has 1 aliphatic rings. The summed E-state index contributed by atoms with van der Waals surface area (Å²) in [5.41, 5.74) is 1.94. The summed E-state index contributed by atoms with van der Waals surface area (Å²) in [6, 6.07) is 14.9. The number of aromatic amines is 1. The Balaban J connectivity index is 1.56. The van der Waals surface area contributed by atoms with Gasteiger partial charge in [-0.05, 0) is 60.7 Å². The number of nitrogens with one attached hydrogen (secondary N) is 2. The number of esters is 1. The lowest BCUT2D eigenvalue weighted by Gasteiger charge is -2.32. The summed E-state index contributed by atoms with van der Waals surface area (Å²) in [5.74, 6) is -0.911. The minimum Gasteiger partial charge on any atom is -0.494 e. The third kappa shape index (κ3) is 5.52. The second kappa shape index (κ2) is 11.1. The van der Waals surface area contributed by atoms with E-state index in [0.29, 0.717) is 35.7 Å². The molecule has 41 heavy (non-hydrogen) atoms.